The van der Waals surface area contributed by atoms with Crippen molar-refractivity contribution in [3.63, 3.8) is 0 Å². The van der Waals surface area contributed by atoms with Crippen molar-refractivity contribution in [2.45, 2.75) is 25.5 Å². The van der Waals surface area contributed by atoms with Gasteiger partial charge in [0.25, 0.3) is 0 Å². The van der Waals surface area contributed by atoms with Crippen LogP contribution in [0.5, 0.6) is 0 Å². The van der Waals surface area contributed by atoms with Crippen LogP contribution in [-0.4, -0.2) is 26.4 Å². The van der Waals surface area contributed by atoms with Gasteiger partial charge in [0.15, 0.2) is 11.9 Å². The molecular formula is C16H15BrClN5O. The Bertz CT molecular complexity index is 864. The van der Waals surface area contributed by atoms with Gasteiger partial charge in [-0.3, -0.25) is 0 Å². The Kier molecular flexibility index (Phi) is 4.39. The Morgan fingerprint density at radius 2 is 2.04 bits per heavy atom. The van der Waals surface area contributed by atoms with E-state index in [-0.39, 0.29) is 11.5 Å². The maximum Gasteiger partial charge on any atom is 0.226 e. The number of ether oxygens (including phenoxy) is 1. The predicted octanol–water partition coefficient (Wildman–Crippen LogP) is 4.68. The zero-order valence-corrected chi connectivity index (χ0v) is 15.1. The number of hydrogen-bond acceptors (Lipinski definition) is 5. The molecule has 0 amide bonds. The molecule has 124 valence electrons. The van der Waals surface area contributed by atoms with Gasteiger partial charge in [-0.15, -0.1) is 0 Å². The summed E-state index contributed by atoms with van der Waals surface area (Å²) in [4.78, 5) is 8.71. The molecule has 1 saturated heterocycles. The lowest BCUT2D eigenvalue weighted by molar-refractivity contribution is -0.0371. The lowest BCUT2D eigenvalue weighted by atomic mass is 10.2. The number of rotatable bonds is 3. The fourth-order valence-electron chi connectivity index (χ4n) is 2.84. The maximum atomic E-state index is 6.15. The van der Waals surface area contributed by atoms with Gasteiger partial charge in [-0.25, -0.2) is 4.68 Å². The third kappa shape index (κ3) is 2.99. The predicted molar refractivity (Wildman–Crippen MR) is 96.6 cm³/mol. The van der Waals surface area contributed by atoms with Gasteiger partial charge in [0, 0.05) is 12.3 Å². The molecule has 0 bridgehead atoms. The molecule has 3 heterocycles. The summed E-state index contributed by atoms with van der Waals surface area (Å²) in [6.45, 7) is 0.734. The van der Waals surface area contributed by atoms with Crippen LogP contribution in [0.15, 0.2) is 34.9 Å². The van der Waals surface area contributed by atoms with Crippen LogP contribution in [0.1, 0.15) is 25.5 Å². The van der Waals surface area contributed by atoms with E-state index in [1.165, 1.54) is 0 Å². The van der Waals surface area contributed by atoms with E-state index < -0.39 is 0 Å². The van der Waals surface area contributed by atoms with Crippen LogP contribution < -0.4 is 5.32 Å². The lowest BCUT2D eigenvalue weighted by Gasteiger charge is -2.23. The molecule has 6 nitrogen and oxygen atoms in total. The van der Waals surface area contributed by atoms with Crippen molar-refractivity contribution in [2.75, 3.05) is 11.9 Å². The van der Waals surface area contributed by atoms with Gasteiger partial charge in [-0.1, -0.05) is 18.2 Å². The summed E-state index contributed by atoms with van der Waals surface area (Å²) in [7, 11) is 0. The minimum Gasteiger partial charge on any atom is -0.356 e. The second-order valence-electron chi connectivity index (χ2n) is 5.59. The van der Waals surface area contributed by atoms with E-state index >= 15 is 0 Å². The van der Waals surface area contributed by atoms with Gasteiger partial charge in [-0.05, 0) is 58.9 Å². The van der Waals surface area contributed by atoms with Crippen LogP contribution in [0.4, 0.5) is 11.5 Å². The van der Waals surface area contributed by atoms with E-state index in [4.69, 9.17) is 16.3 Å². The van der Waals surface area contributed by atoms with E-state index in [0.29, 0.717) is 16.1 Å². The number of hydrogen-bond donors (Lipinski definition) is 1. The molecular weight excluding hydrogens is 394 g/mol. The quantitative estimate of drug-likeness (QED) is 0.637. The summed E-state index contributed by atoms with van der Waals surface area (Å²) in [5, 5.41) is 8.81. The Labute approximate surface area is 152 Å². The van der Waals surface area contributed by atoms with E-state index in [0.717, 1.165) is 36.9 Å². The Morgan fingerprint density at radius 1 is 1.21 bits per heavy atom. The molecule has 0 spiro atoms. The summed E-state index contributed by atoms with van der Waals surface area (Å²) < 4.78 is 8.30. The number of benzene rings is 1. The second kappa shape index (κ2) is 6.66. The number of halogens is 2. The number of anilines is 2. The van der Waals surface area contributed by atoms with E-state index in [2.05, 4.69) is 36.3 Å². The van der Waals surface area contributed by atoms with Crippen molar-refractivity contribution < 1.29 is 4.74 Å². The molecule has 1 aliphatic rings. The van der Waals surface area contributed by atoms with Crippen LogP contribution in [0.3, 0.4) is 0 Å². The molecule has 24 heavy (non-hydrogen) atoms. The first-order chi connectivity index (χ1) is 11.7. The maximum absolute atomic E-state index is 6.15. The number of para-hydroxylation sites is 1. The number of nitrogens with zero attached hydrogens (tertiary/aromatic N) is 4. The van der Waals surface area contributed by atoms with E-state index in [1.54, 1.807) is 4.68 Å². The van der Waals surface area contributed by atoms with Gasteiger partial charge in [-0.2, -0.15) is 15.1 Å². The van der Waals surface area contributed by atoms with Gasteiger partial charge in [0.1, 0.15) is 10.4 Å². The highest BCUT2D eigenvalue weighted by Crippen LogP contribution is 2.34. The minimum absolute atomic E-state index is 0.122. The molecule has 3 aromatic rings. The van der Waals surface area contributed by atoms with Crippen LogP contribution in [0, 0.1) is 0 Å². The van der Waals surface area contributed by atoms with Gasteiger partial charge in [0.05, 0.1) is 5.39 Å². The van der Waals surface area contributed by atoms with Gasteiger partial charge in [0.2, 0.25) is 5.28 Å². The zero-order chi connectivity index (χ0) is 16.5. The molecule has 1 fully saturated rings. The highest BCUT2D eigenvalue weighted by Gasteiger charge is 2.24. The first-order valence-corrected chi connectivity index (χ1v) is 8.94. The zero-order valence-electron chi connectivity index (χ0n) is 12.7. The Balaban J connectivity index is 1.81. The normalized spacial score (nSPS) is 18.0. The summed E-state index contributed by atoms with van der Waals surface area (Å²) in [5.41, 5.74) is 1.58. The van der Waals surface area contributed by atoms with E-state index in [9.17, 15) is 0 Å². The number of nitrogens with one attached hydrogen (secondary N) is 1. The third-order valence-electron chi connectivity index (χ3n) is 3.95. The summed E-state index contributed by atoms with van der Waals surface area (Å²) in [6.07, 6.45) is 2.97. The molecule has 4 rings (SSSR count). The molecule has 2 aromatic heterocycles. The summed E-state index contributed by atoms with van der Waals surface area (Å²) in [6, 6.07) is 9.80. The topological polar surface area (TPSA) is 64.9 Å². The second-order valence-corrected chi connectivity index (χ2v) is 6.68. The van der Waals surface area contributed by atoms with Crippen LogP contribution in [0.25, 0.3) is 11.0 Å². The summed E-state index contributed by atoms with van der Waals surface area (Å²) in [5.74, 6) is 0.616. The molecule has 1 N–H and O–H groups in total. The largest absolute Gasteiger partial charge is 0.356 e. The molecule has 8 heteroatoms. The Hall–Kier alpha value is -1.70. The highest BCUT2D eigenvalue weighted by molar-refractivity contribution is 9.10. The lowest BCUT2D eigenvalue weighted by Crippen LogP contribution is -2.19. The van der Waals surface area contributed by atoms with E-state index in [1.807, 2.05) is 30.3 Å². The molecule has 0 saturated carbocycles. The number of fused-ring (bicyclic) bond motifs is 1. The fourth-order valence-corrected chi connectivity index (χ4v) is 3.54. The minimum atomic E-state index is -0.122. The van der Waals surface area contributed by atoms with Crippen molar-refractivity contribution in [1.29, 1.82) is 0 Å². The number of aromatic nitrogens is 4. The standard InChI is InChI=1S/C16H15BrClN5O/c17-13-12-14(19-10-6-2-1-3-7-10)20-16(18)21-15(12)23(22-13)11-8-4-5-9-24-11/h1-3,6-7,11H,4-5,8-9H2,(H,19,20,21). The fraction of sp³-hybridized carbons (Fsp3) is 0.312. The van der Waals surface area contributed by atoms with Crippen LogP contribution >= 0.6 is 27.5 Å². The monoisotopic (exact) mass is 407 g/mol. The SMILES string of the molecule is Clc1nc(Nc2ccccc2)c2c(Br)nn(C3CCCCO3)c2n1. The Morgan fingerprint density at radius 3 is 2.79 bits per heavy atom. The molecule has 1 atom stereocenters. The van der Waals surface area contributed by atoms with Crippen molar-refractivity contribution >= 4 is 50.1 Å². The van der Waals surface area contributed by atoms with Crippen LogP contribution in [-0.2, 0) is 4.74 Å². The average molecular weight is 409 g/mol. The third-order valence-corrected chi connectivity index (χ3v) is 4.67. The first-order valence-electron chi connectivity index (χ1n) is 7.77. The smallest absolute Gasteiger partial charge is 0.226 e. The molecule has 1 aliphatic heterocycles. The first kappa shape index (κ1) is 15.8. The van der Waals surface area contributed by atoms with Crippen molar-refractivity contribution in [2.24, 2.45) is 0 Å². The van der Waals surface area contributed by atoms with Gasteiger partial charge >= 0.3 is 0 Å². The van der Waals surface area contributed by atoms with Crippen molar-refractivity contribution in [3.05, 3.63) is 40.2 Å². The molecule has 1 aromatic carbocycles. The van der Waals surface area contributed by atoms with Crippen molar-refractivity contribution in [1.82, 2.24) is 19.7 Å². The molecule has 1 unspecified atom stereocenters. The van der Waals surface area contributed by atoms with Crippen LogP contribution in [0.2, 0.25) is 5.28 Å². The van der Waals surface area contributed by atoms with Gasteiger partial charge < -0.3 is 10.1 Å². The summed E-state index contributed by atoms with van der Waals surface area (Å²) >= 11 is 9.67. The average Bonchev–Trinajstić information content (AvgIpc) is 2.93. The van der Waals surface area contributed by atoms with Crippen molar-refractivity contribution in [3.8, 4) is 0 Å². The molecule has 0 aliphatic carbocycles. The molecule has 0 radical (unpaired) electrons. The highest BCUT2D eigenvalue weighted by atomic mass is 79.9.